The number of carbonyl (C=O) groups is 1. The van der Waals surface area contributed by atoms with Gasteiger partial charge in [0.25, 0.3) is 5.91 Å². The molecule has 0 saturated carbocycles. The lowest BCUT2D eigenvalue weighted by molar-refractivity contribution is -0.123. The molecular formula is C17H16Br2N2O3. The number of carbonyl (C=O) groups excluding carboxylic acids is 1. The lowest BCUT2D eigenvalue weighted by Gasteiger charge is -2.12. The molecule has 7 heteroatoms. The minimum atomic E-state index is -0.359. The SMILES string of the molecule is COc1cc(Br)cc(Br)c1OCC(=O)N/N=C(\C)c1ccccc1. The van der Waals surface area contributed by atoms with Crippen LogP contribution in [0.15, 0.2) is 56.5 Å². The van der Waals surface area contributed by atoms with Gasteiger partial charge in [-0.15, -0.1) is 0 Å². The molecule has 0 fully saturated rings. The van der Waals surface area contributed by atoms with E-state index in [1.54, 1.807) is 6.07 Å². The number of methoxy groups -OCH3 is 1. The number of halogens is 2. The van der Waals surface area contributed by atoms with Crippen molar-refractivity contribution in [2.75, 3.05) is 13.7 Å². The highest BCUT2D eigenvalue weighted by Crippen LogP contribution is 2.38. The number of ether oxygens (including phenoxy) is 2. The predicted octanol–water partition coefficient (Wildman–Crippen LogP) is 4.14. The van der Waals surface area contributed by atoms with Crippen molar-refractivity contribution in [2.45, 2.75) is 6.92 Å². The van der Waals surface area contributed by atoms with Gasteiger partial charge in [-0.2, -0.15) is 5.10 Å². The van der Waals surface area contributed by atoms with Gasteiger partial charge in [-0.25, -0.2) is 5.43 Å². The zero-order valence-corrected chi connectivity index (χ0v) is 16.3. The number of amides is 1. The van der Waals surface area contributed by atoms with E-state index in [1.807, 2.05) is 43.3 Å². The van der Waals surface area contributed by atoms with Crippen LogP contribution in [0, 0.1) is 0 Å². The number of hydrogen-bond donors (Lipinski definition) is 1. The summed E-state index contributed by atoms with van der Waals surface area (Å²) in [4.78, 5) is 11.9. The summed E-state index contributed by atoms with van der Waals surface area (Å²) in [7, 11) is 1.54. The Labute approximate surface area is 157 Å². The highest BCUT2D eigenvalue weighted by atomic mass is 79.9. The number of nitrogens with zero attached hydrogens (tertiary/aromatic N) is 1. The summed E-state index contributed by atoms with van der Waals surface area (Å²) in [5.74, 6) is 0.620. The van der Waals surface area contributed by atoms with Crippen LogP contribution < -0.4 is 14.9 Å². The fourth-order valence-electron chi connectivity index (χ4n) is 1.89. The van der Waals surface area contributed by atoms with Crippen molar-refractivity contribution in [1.29, 1.82) is 0 Å². The molecule has 24 heavy (non-hydrogen) atoms. The van der Waals surface area contributed by atoms with Crippen molar-refractivity contribution in [2.24, 2.45) is 5.10 Å². The Morgan fingerprint density at radius 1 is 1.21 bits per heavy atom. The maximum Gasteiger partial charge on any atom is 0.277 e. The topological polar surface area (TPSA) is 59.9 Å². The number of nitrogens with one attached hydrogen (secondary N) is 1. The Bertz CT molecular complexity index is 749. The normalized spacial score (nSPS) is 11.1. The van der Waals surface area contributed by atoms with Crippen LogP contribution in [0.5, 0.6) is 11.5 Å². The third kappa shape index (κ3) is 5.07. The summed E-state index contributed by atoms with van der Waals surface area (Å²) in [5.41, 5.74) is 4.13. The van der Waals surface area contributed by atoms with Gasteiger partial charge in [-0.1, -0.05) is 46.3 Å². The standard InChI is InChI=1S/C17H16Br2N2O3/c1-11(12-6-4-3-5-7-12)20-21-16(22)10-24-17-14(19)8-13(18)9-15(17)23-2/h3-9H,10H2,1-2H3,(H,21,22)/b20-11+. The molecular weight excluding hydrogens is 440 g/mol. The summed E-state index contributed by atoms with van der Waals surface area (Å²) < 4.78 is 12.3. The molecule has 0 aromatic heterocycles. The molecule has 0 radical (unpaired) electrons. The highest BCUT2D eigenvalue weighted by Gasteiger charge is 2.12. The summed E-state index contributed by atoms with van der Waals surface area (Å²) in [6.45, 7) is 1.65. The molecule has 0 aliphatic rings. The van der Waals surface area contributed by atoms with Crippen LogP contribution in [-0.4, -0.2) is 25.3 Å². The summed E-state index contributed by atoms with van der Waals surface area (Å²) in [6, 6.07) is 13.2. The van der Waals surface area contributed by atoms with Crippen molar-refractivity contribution < 1.29 is 14.3 Å². The number of hydrogen-bond acceptors (Lipinski definition) is 4. The third-order valence-electron chi connectivity index (χ3n) is 3.08. The van der Waals surface area contributed by atoms with E-state index >= 15 is 0 Å². The van der Waals surface area contributed by atoms with E-state index in [2.05, 4.69) is 42.4 Å². The predicted molar refractivity (Wildman–Crippen MR) is 101 cm³/mol. The van der Waals surface area contributed by atoms with Crippen LogP contribution in [0.25, 0.3) is 0 Å². The number of rotatable bonds is 6. The maximum absolute atomic E-state index is 11.9. The minimum Gasteiger partial charge on any atom is -0.493 e. The van der Waals surface area contributed by atoms with E-state index < -0.39 is 0 Å². The first-order chi connectivity index (χ1) is 11.5. The molecule has 1 N–H and O–H groups in total. The van der Waals surface area contributed by atoms with Gasteiger partial charge in [0.15, 0.2) is 18.1 Å². The van der Waals surface area contributed by atoms with Crippen LogP contribution in [-0.2, 0) is 4.79 Å². The van der Waals surface area contributed by atoms with E-state index in [-0.39, 0.29) is 12.5 Å². The second-order valence-corrected chi connectivity index (χ2v) is 6.58. The molecule has 2 aromatic rings. The van der Waals surface area contributed by atoms with Crippen LogP contribution in [0.4, 0.5) is 0 Å². The van der Waals surface area contributed by atoms with Gasteiger partial charge < -0.3 is 9.47 Å². The van der Waals surface area contributed by atoms with Crippen molar-refractivity contribution in [3.63, 3.8) is 0 Å². The Morgan fingerprint density at radius 3 is 2.58 bits per heavy atom. The lowest BCUT2D eigenvalue weighted by Crippen LogP contribution is -2.25. The van der Waals surface area contributed by atoms with Crippen molar-refractivity contribution in [3.05, 3.63) is 57.0 Å². The molecule has 0 heterocycles. The molecule has 2 rings (SSSR count). The van der Waals surface area contributed by atoms with Crippen molar-refractivity contribution >= 4 is 43.5 Å². The van der Waals surface area contributed by atoms with Crippen LogP contribution >= 0.6 is 31.9 Å². The molecule has 0 atom stereocenters. The van der Waals surface area contributed by atoms with Gasteiger partial charge in [0.1, 0.15) is 0 Å². The smallest absolute Gasteiger partial charge is 0.277 e. The average molecular weight is 456 g/mol. The first-order valence-corrected chi connectivity index (χ1v) is 8.64. The summed E-state index contributed by atoms with van der Waals surface area (Å²) in [5, 5.41) is 4.07. The van der Waals surface area contributed by atoms with Gasteiger partial charge in [0, 0.05) is 4.47 Å². The molecule has 126 valence electrons. The fourth-order valence-corrected chi connectivity index (χ4v) is 3.19. The van der Waals surface area contributed by atoms with Crippen molar-refractivity contribution in [3.8, 4) is 11.5 Å². The van der Waals surface area contributed by atoms with Gasteiger partial charge >= 0.3 is 0 Å². The van der Waals surface area contributed by atoms with Gasteiger partial charge in [0.05, 0.1) is 17.3 Å². The van der Waals surface area contributed by atoms with Crippen LogP contribution in [0.1, 0.15) is 12.5 Å². The van der Waals surface area contributed by atoms with E-state index in [9.17, 15) is 4.79 Å². The van der Waals surface area contributed by atoms with E-state index in [1.165, 1.54) is 7.11 Å². The average Bonchev–Trinajstić information content (AvgIpc) is 2.58. The zero-order valence-electron chi connectivity index (χ0n) is 13.2. The second-order valence-electron chi connectivity index (χ2n) is 4.81. The fraction of sp³-hybridized carbons (Fsp3) is 0.176. The molecule has 5 nitrogen and oxygen atoms in total. The molecule has 0 saturated heterocycles. The second kappa shape index (κ2) is 8.84. The molecule has 0 bridgehead atoms. The Kier molecular flexibility index (Phi) is 6.81. The molecule has 0 aliphatic carbocycles. The van der Waals surface area contributed by atoms with E-state index in [4.69, 9.17) is 9.47 Å². The maximum atomic E-state index is 11.9. The van der Waals surface area contributed by atoms with Gasteiger partial charge in [-0.3, -0.25) is 4.79 Å². The third-order valence-corrected chi connectivity index (χ3v) is 4.13. The quantitative estimate of drug-likeness (QED) is 0.526. The Balaban J connectivity index is 1.97. The molecule has 2 aromatic carbocycles. The molecule has 0 aliphatic heterocycles. The molecule has 0 unspecified atom stereocenters. The van der Waals surface area contributed by atoms with E-state index in [0.29, 0.717) is 21.7 Å². The van der Waals surface area contributed by atoms with Gasteiger partial charge in [0.2, 0.25) is 0 Å². The Hall–Kier alpha value is -1.86. The first kappa shape index (κ1) is 18.5. The minimum absolute atomic E-state index is 0.178. The summed E-state index contributed by atoms with van der Waals surface area (Å²) >= 11 is 6.76. The van der Waals surface area contributed by atoms with Crippen molar-refractivity contribution in [1.82, 2.24) is 5.43 Å². The molecule has 0 spiro atoms. The first-order valence-electron chi connectivity index (χ1n) is 7.05. The largest absolute Gasteiger partial charge is 0.493 e. The zero-order chi connectivity index (χ0) is 17.5. The Morgan fingerprint density at radius 2 is 1.92 bits per heavy atom. The van der Waals surface area contributed by atoms with E-state index in [0.717, 1.165) is 10.0 Å². The highest BCUT2D eigenvalue weighted by molar-refractivity contribution is 9.11. The van der Waals surface area contributed by atoms with Crippen LogP contribution in [0.2, 0.25) is 0 Å². The number of benzene rings is 2. The lowest BCUT2D eigenvalue weighted by atomic mass is 10.1. The van der Waals surface area contributed by atoms with Gasteiger partial charge in [-0.05, 0) is 40.5 Å². The summed E-state index contributed by atoms with van der Waals surface area (Å²) in [6.07, 6.45) is 0. The number of hydrazone groups is 1. The molecule has 1 amide bonds. The monoisotopic (exact) mass is 454 g/mol. The van der Waals surface area contributed by atoms with Crippen LogP contribution in [0.3, 0.4) is 0 Å².